The zero-order valence-electron chi connectivity index (χ0n) is 11.5. The van der Waals surface area contributed by atoms with E-state index < -0.39 is 0 Å². The number of hydrogen-bond acceptors (Lipinski definition) is 6. The molecule has 0 aromatic carbocycles. The standard InChI is InChI=1S/C14H16N2O2S2/c1-8-3-4-9-10(5-8)20-14-12(9)13(15-7-16-14)19-6-11(17)18-2/h7-8H,3-6H2,1-2H3. The molecule has 0 N–H and O–H groups in total. The van der Waals surface area contributed by atoms with Gasteiger partial charge >= 0.3 is 5.97 Å². The van der Waals surface area contributed by atoms with Gasteiger partial charge < -0.3 is 4.74 Å². The van der Waals surface area contributed by atoms with Gasteiger partial charge in [0.25, 0.3) is 0 Å². The van der Waals surface area contributed by atoms with Gasteiger partial charge in [0.2, 0.25) is 0 Å². The second-order valence-corrected chi connectivity index (χ2v) is 7.12. The lowest BCUT2D eigenvalue weighted by molar-refractivity contribution is -0.137. The van der Waals surface area contributed by atoms with Crippen molar-refractivity contribution >= 4 is 39.3 Å². The molecule has 2 heterocycles. The zero-order chi connectivity index (χ0) is 14.1. The third kappa shape index (κ3) is 2.54. The fourth-order valence-corrected chi connectivity index (χ4v) is 4.82. The molecule has 2 aromatic heterocycles. The van der Waals surface area contributed by atoms with Crippen LogP contribution in [0.2, 0.25) is 0 Å². The van der Waals surface area contributed by atoms with Crippen molar-refractivity contribution in [2.24, 2.45) is 5.92 Å². The van der Waals surface area contributed by atoms with E-state index in [1.807, 2.05) is 0 Å². The average molecular weight is 308 g/mol. The highest BCUT2D eigenvalue weighted by Gasteiger charge is 2.23. The number of carbonyl (C=O) groups is 1. The second-order valence-electron chi connectivity index (χ2n) is 5.08. The molecular weight excluding hydrogens is 292 g/mol. The molecular formula is C14H16N2O2S2. The summed E-state index contributed by atoms with van der Waals surface area (Å²) >= 11 is 3.22. The Hall–Kier alpha value is -1.14. The highest BCUT2D eigenvalue weighted by Crippen LogP contribution is 2.40. The molecule has 1 atom stereocenters. The molecule has 0 aliphatic heterocycles. The number of nitrogens with zero attached hydrogens (tertiary/aromatic N) is 2. The first-order valence-corrected chi connectivity index (χ1v) is 8.44. The molecule has 1 aliphatic carbocycles. The maximum atomic E-state index is 11.3. The molecule has 1 unspecified atom stereocenters. The highest BCUT2D eigenvalue weighted by molar-refractivity contribution is 8.00. The summed E-state index contributed by atoms with van der Waals surface area (Å²) in [6.45, 7) is 2.30. The molecule has 3 rings (SSSR count). The van der Waals surface area contributed by atoms with Crippen LogP contribution < -0.4 is 0 Å². The number of fused-ring (bicyclic) bond motifs is 3. The van der Waals surface area contributed by atoms with E-state index in [1.165, 1.54) is 35.7 Å². The van der Waals surface area contributed by atoms with Crippen molar-refractivity contribution in [1.29, 1.82) is 0 Å². The monoisotopic (exact) mass is 308 g/mol. The Labute approximate surface area is 126 Å². The number of thioether (sulfide) groups is 1. The first-order valence-electron chi connectivity index (χ1n) is 6.64. The van der Waals surface area contributed by atoms with E-state index in [1.54, 1.807) is 17.7 Å². The number of carbonyl (C=O) groups excluding carboxylic acids is 1. The first-order chi connectivity index (χ1) is 9.69. The number of thiophene rings is 1. The van der Waals surface area contributed by atoms with Crippen molar-refractivity contribution in [2.45, 2.75) is 31.2 Å². The van der Waals surface area contributed by atoms with Gasteiger partial charge in [-0.1, -0.05) is 18.7 Å². The predicted molar refractivity (Wildman–Crippen MR) is 81.3 cm³/mol. The van der Waals surface area contributed by atoms with E-state index >= 15 is 0 Å². The Balaban J connectivity index is 1.98. The van der Waals surface area contributed by atoms with Crippen LogP contribution in [-0.4, -0.2) is 28.8 Å². The van der Waals surface area contributed by atoms with Gasteiger partial charge in [-0.25, -0.2) is 9.97 Å². The third-order valence-electron chi connectivity index (χ3n) is 3.61. The van der Waals surface area contributed by atoms with Gasteiger partial charge in [-0.3, -0.25) is 4.79 Å². The SMILES string of the molecule is COC(=O)CSc1ncnc2sc3c(c12)CCC(C)C3. The minimum Gasteiger partial charge on any atom is -0.468 e. The van der Waals surface area contributed by atoms with E-state index in [-0.39, 0.29) is 5.97 Å². The summed E-state index contributed by atoms with van der Waals surface area (Å²) in [6.07, 6.45) is 5.04. The molecule has 0 radical (unpaired) electrons. The van der Waals surface area contributed by atoms with Crippen molar-refractivity contribution in [2.75, 3.05) is 12.9 Å². The summed E-state index contributed by atoms with van der Waals surface area (Å²) in [5, 5.41) is 2.07. The Morgan fingerprint density at radius 2 is 2.40 bits per heavy atom. The Bertz CT molecular complexity index is 654. The zero-order valence-corrected chi connectivity index (χ0v) is 13.1. The van der Waals surface area contributed by atoms with Crippen LogP contribution in [0.15, 0.2) is 11.4 Å². The van der Waals surface area contributed by atoms with E-state index in [2.05, 4.69) is 16.9 Å². The summed E-state index contributed by atoms with van der Waals surface area (Å²) in [5.74, 6) is 0.818. The van der Waals surface area contributed by atoms with Gasteiger partial charge in [0.1, 0.15) is 16.2 Å². The minimum atomic E-state index is -0.223. The van der Waals surface area contributed by atoms with Gasteiger partial charge in [-0.2, -0.15) is 0 Å². The summed E-state index contributed by atoms with van der Waals surface area (Å²) in [6, 6.07) is 0. The summed E-state index contributed by atoms with van der Waals surface area (Å²) < 4.78 is 4.69. The molecule has 0 spiro atoms. The van der Waals surface area contributed by atoms with E-state index in [0.717, 1.165) is 34.0 Å². The van der Waals surface area contributed by atoms with Gasteiger partial charge in [0, 0.05) is 10.3 Å². The van der Waals surface area contributed by atoms with Gasteiger partial charge in [0.15, 0.2) is 0 Å². The van der Waals surface area contributed by atoms with Gasteiger partial charge in [0.05, 0.1) is 12.9 Å². The maximum Gasteiger partial charge on any atom is 0.316 e. The number of esters is 1. The van der Waals surface area contributed by atoms with E-state index in [0.29, 0.717) is 5.75 Å². The first kappa shape index (κ1) is 13.8. The van der Waals surface area contributed by atoms with Crippen molar-refractivity contribution in [3.63, 3.8) is 0 Å². The lowest BCUT2D eigenvalue weighted by Gasteiger charge is -2.18. The quantitative estimate of drug-likeness (QED) is 0.495. The molecule has 20 heavy (non-hydrogen) atoms. The molecule has 0 saturated carbocycles. The van der Waals surface area contributed by atoms with Crippen LogP contribution in [0.3, 0.4) is 0 Å². The second kappa shape index (κ2) is 5.69. The number of rotatable bonds is 3. The highest BCUT2D eigenvalue weighted by atomic mass is 32.2. The van der Waals surface area contributed by atoms with E-state index in [4.69, 9.17) is 4.74 Å². The number of methoxy groups -OCH3 is 1. The molecule has 106 valence electrons. The van der Waals surface area contributed by atoms with Crippen LogP contribution in [0.5, 0.6) is 0 Å². The third-order valence-corrected chi connectivity index (χ3v) is 5.74. The van der Waals surface area contributed by atoms with Crippen LogP contribution in [0.25, 0.3) is 10.2 Å². The Kier molecular flexibility index (Phi) is 3.94. The molecule has 0 amide bonds. The molecule has 0 saturated heterocycles. The molecule has 6 heteroatoms. The number of hydrogen-bond donors (Lipinski definition) is 0. The smallest absolute Gasteiger partial charge is 0.316 e. The van der Waals surface area contributed by atoms with Crippen molar-refractivity contribution < 1.29 is 9.53 Å². The lowest BCUT2D eigenvalue weighted by atomic mass is 9.89. The fourth-order valence-electron chi connectivity index (χ4n) is 2.54. The predicted octanol–water partition coefficient (Wildman–Crippen LogP) is 3.08. The Morgan fingerprint density at radius 3 is 3.20 bits per heavy atom. The maximum absolute atomic E-state index is 11.3. The molecule has 1 aliphatic rings. The number of aromatic nitrogens is 2. The van der Waals surface area contributed by atoms with Gasteiger partial charge in [-0.05, 0) is 30.7 Å². The average Bonchev–Trinajstić information content (AvgIpc) is 2.82. The molecule has 4 nitrogen and oxygen atoms in total. The van der Waals surface area contributed by atoms with E-state index in [9.17, 15) is 4.79 Å². The minimum absolute atomic E-state index is 0.223. The topological polar surface area (TPSA) is 52.1 Å². The summed E-state index contributed by atoms with van der Waals surface area (Å²) in [5.41, 5.74) is 1.40. The van der Waals surface area contributed by atoms with Crippen molar-refractivity contribution in [1.82, 2.24) is 9.97 Å². The van der Waals surface area contributed by atoms with Crippen LogP contribution in [0.4, 0.5) is 0 Å². The number of aryl methyl sites for hydroxylation is 1. The van der Waals surface area contributed by atoms with Crippen LogP contribution in [0.1, 0.15) is 23.8 Å². The summed E-state index contributed by atoms with van der Waals surface area (Å²) in [4.78, 5) is 22.6. The largest absolute Gasteiger partial charge is 0.468 e. The summed E-state index contributed by atoms with van der Waals surface area (Å²) in [7, 11) is 1.41. The number of ether oxygens (including phenoxy) is 1. The van der Waals surface area contributed by atoms with Crippen LogP contribution in [0, 0.1) is 5.92 Å². The van der Waals surface area contributed by atoms with Crippen LogP contribution in [-0.2, 0) is 22.4 Å². The lowest BCUT2D eigenvalue weighted by Crippen LogP contribution is -2.09. The van der Waals surface area contributed by atoms with Crippen LogP contribution >= 0.6 is 23.1 Å². The molecule has 0 fully saturated rings. The van der Waals surface area contributed by atoms with Crippen molar-refractivity contribution in [3.05, 3.63) is 16.8 Å². The fraction of sp³-hybridized carbons (Fsp3) is 0.500. The van der Waals surface area contributed by atoms with Crippen molar-refractivity contribution in [3.8, 4) is 0 Å². The Morgan fingerprint density at radius 1 is 1.55 bits per heavy atom. The van der Waals surface area contributed by atoms with Gasteiger partial charge in [-0.15, -0.1) is 11.3 Å². The normalized spacial score (nSPS) is 18.0. The molecule has 0 bridgehead atoms. The molecule has 2 aromatic rings.